The summed E-state index contributed by atoms with van der Waals surface area (Å²) >= 11 is 0. The van der Waals surface area contributed by atoms with Crippen LogP contribution in [0.5, 0.6) is 0 Å². The molecule has 0 heterocycles. The molecule has 0 unspecified atom stereocenters. The fourth-order valence-corrected chi connectivity index (χ4v) is 3.51. The number of carbonyl (C=O) groups excluding carboxylic acids is 2. The van der Waals surface area contributed by atoms with Gasteiger partial charge < -0.3 is 9.80 Å². The highest BCUT2D eigenvalue weighted by Crippen LogP contribution is 2.38. The highest BCUT2D eigenvalue weighted by Gasteiger charge is 2.68. The summed E-state index contributed by atoms with van der Waals surface area (Å²) in [6, 6.07) is 0. The lowest BCUT2D eigenvalue weighted by Gasteiger charge is -2.33. The van der Waals surface area contributed by atoms with Gasteiger partial charge in [-0.05, 0) is 25.7 Å². The van der Waals surface area contributed by atoms with Gasteiger partial charge in [-0.3, -0.25) is 9.59 Å². The summed E-state index contributed by atoms with van der Waals surface area (Å²) in [4.78, 5) is 26.8. The molecule has 0 atom stereocenters. The first-order valence-corrected chi connectivity index (χ1v) is 12.5. The van der Waals surface area contributed by atoms with Gasteiger partial charge in [-0.2, -0.15) is 17.6 Å². The van der Waals surface area contributed by atoms with Crippen molar-refractivity contribution in [2.45, 2.75) is 117 Å². The molecule has 190 valence electrons. The molecule has 0 saturated heterocycles. The first kappa shape index (κ1) is 30.7. The molecule has 0 aliphatic rings. The summed E-state index contributed by atoms with van der Waals surface area (Å²) in [6.45, 7) is 7.68. The normalized spacial score (nSPS) is 12.1. The van der Waals surface area contributed by atoms with Gasteiger partial charge in [0, 0.05) is 26.2 Å². The van der Waals surface area contributed by atoms with Crippen molar-refractivity contribution in [3.63, 3.8) is 0 Å². The largest absolute Gasteiger partial charge is 0.395 e. The zero-order valence-corrected chi connectivity index (χ0v) is 20.5. The van der Waals surface area contributed by atoms with E-state index in [4.69, 9.17) is 0 Å². The Labute approximate surface area is 192 Å². The van der Waals surface area contributed by atoms with Crippen LogP contribution in [0, 0.1) is 0 Å². The van der Waals surface area contributed by atoms with E-state index < -0.39 is 23.7 Å². The van der Waals surface area contributed by atoms with Gasteiger partial charge in [0.2, 0.25) is 0 Å². The molecule has 0 fully saturated rings. The van der Waals surface area contributed by atoms with Crippen LogP contribution in [-0.2, 0) is 9.59 Å². The van der Waals surface area contributed by atoms with Gasteiger partial charge in [0.25, 0.3) is 11.8 Å². The summed E-state index contributed by atoms with van der Waals surface area (Å²) in [5, 5.41) is 0. The minimum Gasteiger partial charge on any atom is -0.337 e. The Bertz CT molecular complexity index is 464. The molecule has 0 radical (unpaired) electrons. The number of amides is 2. The number of rotatable bonds is 19. The van der Waals surface area contributed by atoms with Gasteiger partial charge >= 0.3 is 11.8 Å². The van der Waals surface area contributed by atoms with Crippen molar-refractivity contribution in [2.24, 2.45) is 0 Å². The van der Waals surface area contributed by atoms with Gasteiger partial charge in [0.15, 0.2) is 0 Å². The highest BCUT2D eigenvalue weighted by molar-refractivity contribution is 5.95. The molecule has 0 aromatic heterocycles. The lowest BCUT2D eigenvalue weighted by Crippen LogP contribution is -2.61. The Morgan fingerprint density at radius 3 is 0.906 bits per heavy atom. The summed E-state index contributed by atoms with van der Waals surface area (Å²) in [5.74, 6) is -14.0. The number of halogens is 4. The second kappa shape index (κ2) is 16.3. The average molecular weight is 469 g/mol. The summed E-state index contributed by atoms with van der Waals surface area (Å²) < 4.78 is 59.4. The smallest absolute Gasteiger partial charge is 0.337 e. The van der Waals surface area contributed by atoms with E-state index in [1.54, 1.807) is 0 Å². The minimum absolute atomic E-state index is 0.00698. The van der Waals surface area contributed by atoms with Crippen LogP contribution in [0.1, 0.15) is 105 Å². The summed E-state index contributed by atoms with van der Waals surface area (Å²) in [5.41, 5.74) is 0. The molecule has 8 heteroatoms. The van der Waals surface area contributed by atoms with E-state index in [1.807, 2.05) is 27.7 Å². The average Bonchev–Trinajstić information content (AvgIpc) is 2.76. The molecule has 0 bridgehead atoms. The van der Waals surface area contributed by atoms with E-state index in [9.17, 15) is 27.2 Å². The van der Waals surface area contributed by atoms with Crippen molar-refractivity contribution in [1.82, 2.24) is 9.80 Å². The third kappa shape index (κ3) is 9.65. The Hall–Kier alpha value is -1.34. The fraction of sp³-hybridized carbons (Fsp3) is 0.917. The topological polar surface area (TPSA) is 40.6 Å². The SMILES string of the molecule is CCCCCN(CCCCC)C(=O)C(F)(F)C(F)(F)C(=O)N(CCCCC)CCCCC. The Kier molecular flexibility index (Phi) is 15.6. The Balaban J connectivity index is 5.57. The lowest BCUT2D eigenvalue weighted by molar-refractivity contribution is -0.223. The van der Waals surface area contributed by atoms with Crippen LogP contribution in [0.15, 0.2) is 0 Å². The van der Waals surface area contributed by atoms with Crippen LogP contribution >= 0.6 is 0 Å². The van der Waals surface area contributed by atoms with Crippen molar-refractivity contribution >= 4 is 11.8 Å². The molecular weight excluding hydrogens is 424 g/mol. The second-order valence-corrected chi connectivity index (χ2v) is 8.56. The third-order valence-electron chi connectivity index (χ3n) is 5.63. The second-order valence-electron chi connectivity index (χ2n) is 8.56. The number of hydrogen-bond acceptors (Lipinski definition) is 2. The number of carbonyl (C=O) groups is 2. The first-order chi connectivity index (χ1) is 15.1. The molecule has 0 N–H and O–H groups in total. The van der Waals surface area contributed by atoms with Gasteiger partial charge in [0.05, 0.1) is 0 Å². The van der Waals surface area contributed by atoms with Crippen LogP contribution in [0.2, 0.25) is 0 Å². The van der Waals surface area contributed by atoms with E-state index in [1.165, 1.54) is 0 Å². The molecule has 2 amide bonds. The van der Waals surface area contributed by atoms with Gasteiger partial charge in [-0.25, -0.2) is 0 Å². The number of nitrogens with zero attached hydrogens (tertiary/aromatic N) is 2. The fourth-order valence-electron chi connectivity index (χ4n) is 3.51. The molecule has 0 rings (SSSR count). The molecule has 0 aromatic carbocycles. The molecular formula is C24H44F4N2O2. The molecule has 32 heavy (non-hydrogen) atoms. The maximum absolute atomic E-state index is 14.9. The molecule has 0 saturated carbocycles. The van der Waals surface area contributed by atoms with Crippen molar-refractivity contribution in [1.29, 1.82) is 0 Å². The monoisotopic (exact) mass is 468 g/mol. The van der Waals surface area contributed by atoms with Crippen molar-refractivity contribution < 1.29 is 27.2 Å². The van der Waals surface area contributed by atoms with Gasteiger partial charge in [-0.15, -0.1) is 0 Å². The quantitative estimate of drug-likeness (QED) is 0.157. The Morgan fingerprint density at radius 2 is 0.719 bits per heavy atom. The standard InChI is InChI=1S/C24H44F4N2O2/c1-5-9-13-17-29(18-14-10-6-2)21(31)23(25,26)24(27,28)22(32)30(19-15-11-7-3)20-16-12-8-4/h5-20H2,1-4H3. The van der Waals surface area contributed by atoms with Crippen molar-refractivity contribution in [3.8, 4) is 0 Å². The van der Waals surface area contributed by atoms with E-state index in [0.29, 0.717) is 51.4 Å². The zero-order valence-electron chi connectivity index (χ0n) is 20.5. The van der Waals surface area contributed by atoms with Crippen LogP contribution in [0.3, 0.4) is 0 Å². The molecule has 0 aliphatic heterocycles. The highest BCUT2D eigenvalue weighted by atomic mass is 19.3. The van der Waals surface area contributed by atoms with Gasteiger partial charge in [0.1, 0.15) is 0 Å². The summed E-state index contributed by atoms with van der Waals surface area (Å²) in [7, 11) is 0. The molecule has 4 nitrogen and oxygen atoms in total. The number of unbranched alkanes of at least 4 members (excludes halogenated alkanes) is 8. The predicted molar refractivity (Wildman–Crippen MR) is 121 cm³/mol. The van der Waals surface area contributed by atoms with E-state index in [2.05, 4.69) is 0 Å². The maximum Gasteiger partial charge on any atom is 0.395 e. The van der Waals surface area contributed by atoms with Gasteiger partial charge in [-0.1, -0.05) is 79.1 Å². The Morgan fingerprint density at radius 1 is 0.500 bits per heavy atom. The van der Waals surface area contributed by atoms with Crippen LogP contribution < -0.4 is 0 Å². The molecule has 0 aliphatic carbocycles. The van der Waals surface area contributed by atoms with Crippen LogP contribution in [0.4, 0.5) is 17.6 Å². The van der Waals surface area contributed by atoms with E-state index in [0.717, 1.165) is 35.5 Å². The van der Waals surface area contributed by atoms with E-state index in [-0.39, 0.29) is 26.2 Å². The zero-order chi connectivity index (χ0) is 24.6. The summed E-state index contributed by atoms with van der Waals surface area (Å²) in [6.07, 6.45) is 7.94. The molecule has 0 spiro atoms. The number of hydrogen-bond donors (Lipinski definition) is 0. The minimum atomic E-state index is -5.07. The van der Waals surface area contributed by atoms with Crippen molar-refractivity contribution in [2.75, 3.05) is 26.2 Å². The van der Waals surface area contributed by atoms with E-state index >= 15 is 0 Å². The van der Waals surface area contributed by atoms with Crippen LogP contribution in [0.25, 0.3) is 0 Å². The predicted octanol–water partition coefficient (Wildman–Crippen LogP) is 6.68. The van der Waals surface area contributed by atoms with Crippen LogP contribution in [-0.4, -0.2) is 59.6 Å². The number of alkyl halides is 4. The first-order valence-electron chi connectivity index (χ1n) is 12.5. The third-order valence-corrected chi connectivity index (χ3v) is 5.63. The maximum atomic E-state index is 14.9. The molecule has 0 aromatic rings. The van der Waals surface area contributed by atoms with Crippen molar-refractivity contribution in [3.05, 3.63) is 0 Å². The lowest BCUT2D eigenvalue weighted by atomic mass is 10.1.